The lowest BCUT2D eigenvalue weighted by Crippen LogP contribution is -2.29. The van der Waals surface area contributed by atoms with Gasteiger partial charge in [-0.15, -0.1) is 0 Å². The number of fused-ring (bicyclic) bond motifs is 1. The van der Waals surface area contributed by atoms with Crippen molar-refractivity contribution in [1.29, 1.82) is 5.26 Å². The first kappa shape index (κ1) is 25.9. The lowest BCUT2D eigenvalue weighted by molar-refractivity contribution is -0.0436. The molecular weight excluding hydrogens is 503 g/mol. The van der Waals surface area contributed by atoms with E-state index >= 15 is 0 Å². The molecule has 2 unspecified atom stereocenters. The van der Waals surface area contributed by atoms with E-state index in [1.165, 1.54) is 20.8 Å². The SMILES string of the molecule is CC(C)(C)[S+]([O-])N=C1c2c(S(=O)(=O)C(F)(F)F)ccc(Oc3cc(F)cc(C#N)c3)c2CC1F. The molecule has 0 bridgehead atoms. The second-order valence-corrected chi connectivity index (χ2v) is 12.1. The molecule has 182 valence electrons. The zero-order chi connectivity index (χ0) is 25.6. The van der Waals surface area contributed by atoms with Crippen LogP contribution in [0.25, 0.3) is 0 Å². The van der Waals surface area contributed by atoms with Gasteiger partial charge in [0, 0.05) is 23.6 Å². The summed E-state index contributed by atoms with van der Waals surface area (Å²) in [7, 11) is -5.94. The number of rotatable bonds is 4. The third kappa shape index (κ3) is 4.89. The van der Waals surface area contributed by atoms with Gasteiger partial charge in [-0.2, -0.15) is 18.4 Å². The number of benzene rings is 2. The Labute approximate surface area is 195 Å². The zero-order valence-corrected chi connectivity index (χ0v) is 19.5. The Hall–Kier alpha value is -2.69. The molecule has 1 aliphatic rings. The number of halogens is 5. The topological polar surface area (TPSA) is 103 Å². The van der Waals surface area contributed by atoms with Gasteiger partial charge in [0.1, 0.15) is 39.1 Å². The first-order chi connectivity index (χ1) is 15.6. The second-order valence-electron chi connectivity index (χ2n) is 8.26. The van der Waals surface area contributed by atoms with Gasteiger partial charge in [-0.25, -0.2) is 17.2 Å². The van der Waals surface area contributed by atoms with Crippen LogP contribution in [0.3, 0.4) is 0 Å². The first-order valence-corrected chi connectivity index (χ1v) is 12.2. The molecule has 3 rings (SSSR count). The van der Waals surface area contributed by atoms with Crippen molar-refractivity contribution in [2.75, 3.05) is 0 Å². The lowest BCUT2D eigenvalue weighted by atomic mass is 10.1. The van der Waals surface area contributed by atoms with Gasteiger partial charge in [0.15, 0.2) is 6.17 Å². The highest BCUT2D eigenvalue weighted by molar-refractivity contribution is 7.92. The second kappa shape index (κ2) is 8.83. The molecule has 0 amide bonds. The van der Waals surface area contributed by atoms with Crippen molar-refractivity contribution in [3.63, 3.8) is 0 Å². The zero-order valence-electron chi connectivity index (χ0n) is 17.9. The maximum absolute atomic E-state index is 15.0. The minimum Gasteiger partial charge on any atom is -0.591 e. The van der Waals surface area contributed by atoms with E-state index in [0.717, 1.165) is 24.3 Å². The summed E-state index contributed by atoms with van der Waals surface area (Å²) < 4.78 is 114. The number of hydrogen-bond acceptors (Lipinski definition) is 6. The van der Waals surface area contributed by atoms with Gasteiger partial charge in [0.05, 0.1) is 16.5 Å². The number of ether oxygens (including phenoxy) is 1. The van der Waals surface area contributed by atoms with Gasteiger partial charge in [-0.1, -0.05) is 4.40 Å². The van der Waals surface area contributed by atoms with Gasteiger partial charge < -0.3 is 9.29 Å². The quantitative estimate of drug-likeness (QED) is 0.420. The smallest absolute Gasteiger partial charge is 0.501 e. The fourth-order valence-corrected chi connectivity index (χ4v) is 4.76. The van der Waals surface area contributed by atoms with E-state index in [9.17, 15) is 34.9 Å². The monoisotopic (exact) mass is 520 g/mol. The minimum atomic E-state index is -5.94. The summed E-state index contributed by atoms with van der Waals surface area (Å²) in [5, 5.41) is 8.99. The highest BCUT2D eigenvalue weighted by Crippen LogP contribution is 2.43. The molecule has 0 saturated heterocycles. The minimum absolute atomic E-state index is 0.117. The van der Waals surface area contributed by atoms with E-state index in [1.807, 2.05) is 0 Å². The molecule has 1 aliphatic carbocycles. The largest absolute Gasteiger partial charge is 0.591 e. The van der Waals surface area contributed by atoms with Gasteiger partial charge in [-0.05, 0) is 45.0 Å². The van der Waals surface area contributed by atoms with Crippen LogP contribution in [0.5, 0.6) is 11.5 Å². The van der Waals surface area contributed by atoms with Gasteiger partial charge in [0.2, 0.25) is 0 Å². The number of alkyl halides is 4. The number of nitrogens with zero attached hydrogens (tertiary/aromatic N) is 2. The molecule has 6 nitrogen and oxygen atoms in total. The van der Waals surface area contributed by atoms with Crippen LogP contribution in [0.2, 0.25) is 0 Å². The standard InChI is InChI=1S/C21H17F5N2O4S2/c1-20(2,3)33(29)28-19-15(23)9-14-16(32-13-7-11(10-27)6-12(22)8-13)4-5-17(18(14)19)34(30,31)21(24,25)26/h4-8,15H,9H2,1-3H3. The molecule has 0 N–H and O–H groups in total. The summed E-state index contributed by atoms with van der Waals surface area (Å²) in [5.74, 6) is -1.32. The van der Waals surface area contributed by atoms with Crippen molar-refractivity contribution in [3.05, 3.63) is 52.8 Å². The molecule has 0 radical (unpaired) electrons. The fourth-order valence-electron chi connectivity index (χ4n) is 3.11. The summed E-state index contributed by atoms with van der Waals surface area (Å²) in [6, 6.07) is 6.11. The van der Waals surface area contributed by atoms with Crippen LogP contribution < -0.4 is 4.74 Å². The third-order valence-electron chi connectivity index (χ3n) is 4.70. The molecule has 2 aromatic rings. The predicted molar refractivity (Wildman–Crippen MR) is 114 cm³/mol. The van der Waals surface area contributed by atoms with Crippen LogP contribution in [0.4, 0.5) is 22.0 Å². The predicted octanol–water partition coefficient (Wildman–Crippen LogP) is 4.93. The third-order valence-corrected chi connectivity index (χ3v) is 7.63. The Morgan fingerprint density at radius 3 is 2.41 bits per heavy atom. The number of sulfone groups is 1. The van der Waals surface area contributed by atoms with E-state index in [1.54, 1.807) is 6.07 Å². The maximum atomic E-state index is 15.0. The first-order valence-electron chi connectivity index (χ1n) is 9.57. The van der Waals surface area contributed by atoms with Gasteiger partial charge in [0.25, 0.3) is 9.84 Å². The van der Waals surface area contributed by atoms with Crippen molar-refractivity contribution in [1.82, 2.24) is 0 Å². The Kier molecular flexibility index (Phi) is 6.73. The van der Waals surface area contributed by atoms with Crippen LogP contribution in [-0.4, -0.2) is 35.1 Å². The highest BCUT2D eigenvalue weighted by atomic mass is 32.2. The average Bonchev–Trinajstić information content (AvgIpc) is 3.02. The highest BCUT2D eigenvalue weighted by Gasteiger charge is 2.51. The molecular formula is C21H17F5N2O4S2. The molecule has 34 heavy (non-hydrogen) atoms. The molecule has 2 atom stereocenters. The van der Waals surface area contributed by atoms with E-state index in [-0.39, 0.29) is 22.6 Å². The summed E-state index contributed by atoms with van der Waals surface area (Å²) in [6.07, 6.45) is -2.69. The Morgan fingerprint density at radius 1 is 1.21 bits per heavy atom. The van der Waals surface area contributed by atoms with Crippen LogP contribution in [0.1, 0.15) is 37.5 Å². The molecule has 13 heteroatoms. The Balaban J connectivity index is 2.26. The van der Waals surface area contributed by atoms with E-state index in [0.29, 0.717) is 6.07 Å². The molecule has 0 saturated carbocycles. The maximum Gasteiger partial charge on any atom is 0.501 e. The number of hydrogen-bond donors (Lipinski definition) is 0. The molecule has 0 aromatic heterocycles. The number of nitriles is 1. The van der Waals surface area contributed by atoms with Crippen molar-refractivity contribution in [3.8, 4) is 17.6 Å². The van der Waals surface area contributed by atoms with Crippen LogP contribution in [0.15, 0.2) is 39.6 Å². The summed E-state index contributed by atoms with van der Waals surface area (Å²) >= 11 is -2.12. The summed E-state index contributed by atoms with van der Waals surface area (Å²) in [4.78, 5) is -1.26. The van der Waals surface area contributed by atoms with Crippen molar-refractivity contribution < 1.29 is 39.7 Å². The van der Waals surface area contributed by atoms with Gasteiger partial charge >= 0.3 is 5.51 Å². The van der Waals surface area contributed by atoms with Crippen molar-refractivity contribution in [2.45, 2.75) is 48.5 Å². The van der Waals surface area contributed by atoms with Crippen molar-refractivity contribution in [2.24, 2.45) is 4.40 Å². The average molecular weight is 521 g/mol. The molecule has 0 spiro atoms. The van der Waals surface area contributed by atoms with Crippen LogP contribution in [-0.2, 0) is 27.6 Å². The van der Waals surface area contributed by atoms with E-state index < -0.39 is 66.0 Å². The van der Waals surface area contributed by atoms with Crippen LogP contribution >= 0.6 is 0 Å². The van der Waals surface area contributed by atoms with Crippen molar-refractivity contribution >= 4 is 26.9 Å². The molecule has 0 heterocycles. The fraction of sp³-hybridized carbons (Fsp3) is 0.333. The molecule has 2 aromatic carbocycles. The Morgan fingerprint density at radius 2 is 1.85 bits per heavy atom. The van der Waals surface area contributed by atoms with Gasteiger partial charge in [-0.3, -0.25) is 0 Å². The summed E-state index contributed by atoms with van der Waals surface area (Å²) in [5.41, 5.74) is -7.50. The normalized spacial score (nSPS) is 18.5. The lowest BCUT2D eigenvalue weighted by Gasteiger charge is -2.20. The summed E-state index contributed by atoms with van der Waals surface area (Å²) in [6.45, 7) is 4.50. The van der Waals surface area contributed by atoms with E-state index in [4.69, 9.17) is 10.00 Å². The van der Waals surface area contributed by atoms with E-state index in [2.05, 4.69) is 4.40 Å². The molecule has 0 fully saturated rings. The molecule has 0 aliphatic heterocycles. The Bertz CT molecular complexity index is 1310. The van der Waals surface area contributed by atoms with Crippen LogP contribution in [0, 0.1) is 17.1 Å².